The van der Waals surface area contributed by atoms with E-state index in [1.165, 1.54) is 0 Å². The van der Waals surface area contributed by atoms with Crippen LogP contribution in [0.25, 0.3) is 0 Å². The maximum atomic E-state index is 9.54. The highest BCUT2D eigenvalue weighted by Crippen LogP contribution is 2.22. The van der Waals surface area contributed by atoms with Gasteiger partial charge in [-0.15, -0.1) is 0 Å². The Morgan fingerprint density at radius 3 is 2.33 bits per heavy atom. The highest BCUT2D eigenvalue weighted by atomic mass is 16.5. The largest absolute Gasteiger partial charge is 0.390 e. The van der Waals surface area contributed by atoms with Gasteiger partial charge in [-0.05, 0) is 19.3 Å². The molecular formula is C7H13O2. The summed E-state index contributed by atoms with van der Waals surface area (Å²) in [5.41, 5.74) is -0.516. The number of rotatable bonds is 1. The fourth-order valence-electron chi connectivity index (χ4n) is 1.00. The third-order valence-electron chi connectivity index (χ3n) is 1.89. The normalized spacial score (nSPS) is 26.0. The van der Waals surface area contributed by atoms with Crippen molar-refractivity contribution in [3.8, 4) is 0 Å². The molecule has 9 heavy (non-hydrogen) atoms. The molecule has 0 aromatic heterocycles. The van der Waals surface area contributed by atoms with Gasteiger partial charge < -0.3 is 9.84 Å². The standard InChI is InChI=1S/C7H13O2/c1-2-7(8)3-5-9-6-4-7/h8H,1-6H2. The van der Waals surface area contributed by atoms with E-state index in [-0.39, 0.29) is 0 Å². The first-order valence-corrected chi connectivity index (χ1v) is 3.36. The molecule has 1 saturated heterocycles. The molecule has 1 aliphatic heterocycles. The summed E-state index contributed by atoms with van der Waals surface area (Å²) in [7, 11) is 0. The molecular weight excluding hydrogens is 116 g/mol. The van der Waals surface area contributed by atoms with Crippen LogP contribution >= 0.6 is 0 Å². The zero-order valence-corrected chi connectivity index (χ0v) is 5.60. The Bertz CT molecular complexity index is 84.9. The molecule has 2 heteroatoms. The van der Waals surface area contributed by atoms with Gasteiger partial charge >= 0.3 is 0 Å². The Hall–Kier alpha value is -0.0800. The van der Waals surface area contributed by atoms with E-state index in [1.54, 1.807) is 0 Å². The maximum Gasteiger partial charge on any atom is 0.0691 e. The van der Waals surface area contributed by atoms with Gasteiger partial charge in [-0.1, -0.05) is 6.92 Å². The Morgan fingerprint density at radius 1 is 1.44 bits per heavy atom. The molecule has 0 saturated carbocycles. The Kier molecular flexibility index (Phi) is 2.09. The number of ether oxygens (including phenoxy) is 1. The summed E-state index contributed by atoms with van der Waals surface area (Å²) < 4.78 is 5.08. The van der Waals surface area contributed by atoms with Gasteiger partial charge in [0.05, 0.1) is 5.60 Å². The van der Waals surface area contributed by atoms with E-state index in [0.717, 1.165) is 12.8 Å². The summed E-state index contributed by atoms with van der Waals surface area (Å²) in [5, 5.41) is 9.54. The van der Waals surface area contributed by atoms with Crippen molar-refractivity contribution in [1.29, 1.82) is 0 Å². The third-order valence-corrected chi connectivity index (χ3v) is 1.89. The molecule has 0 aromatic rings. The summed E-state index contributed by atoms with van der Waals surface area (Å²) in [6.07, 6.45) is 2.10. The van der Waals surface area contributed by atoms with E-state index in [2.05, 4.69) is 6.92 Å². The minimum atomic E-state index is -0.516. The zero-order chi connectivity index (χ0) is 6.74. The van der Waals surface area contributed by atoms with E-state index in [4.69, 9.17) is 4.74 Å². The molecule has 0 amide bonds. The van der Waals surface area contributed by atoms with Crippen LogP contribution in [0.5, 0.6) is 0 Å². The van der Waals surface area contributed by atoms with Crippen molar-refractivity contribution in [3.05, 3.63) is 6.92 Å². The summed E-state index contributed by atoms with van der Waals surface area (Å²) >= 11 is 0. The van der Waals surface area contributed by atoms with Crippen LogP contribution in [0.3, 0.4) is 0 Å². The molecule has 1 aliphatic rings. The first kappa shape index (κ1) is 7.03. The molecule has 53 valence electrons. The molecule has 0 unspecified atom stereocenters. The monoisotopic (exact) mass is 129 g/mol. The quantitative estimate of drug-likeness (QED) is 0.566. The van der Waals surface area contributed by atoms with Crippen molar-refractivity contribution in [2.75, 3.05) is 13.2 Å². The molecule has 2 nitrogen and oxygen atoms in total. The average molecular weight is 129 g/mol. The van der Waals surface area contributed by atoms with Crippen LogP contribution in [-0.2, 0) is 4.74 Å². The van der Waals surface area contributed by atoms with Gasteiger partial charge in [0.2, 0.25) is 0 Å². The molecule has 1 radical (unpaired) electrons. The fraction of sp³-hybridized carbons (Fsp3) is 0.857. The van der Waals surface area contributed by atoms with Crippen LogP contribution in [0.15, 0.2) is 0 Å². The van der Waals surface area contributed by atoms with E-state index in [9.17, 15) is 5.11 Å². The summed E-state index contributed by atoms with van der Waals surface area (Å²) in [4.78, 5) is 0. The van der Waals surface area contributed by atoms with E-state index < -0.39 is 5.60 Å². The van der Waals surface area contributed by atoms with Crippen molar-refractivity contribution >= 4 is 0 Å². The lowest BCUT2D eigenvalue weighted by Crippen LogP contribution is -2.35. The zero-order valence-electron chi connectivity index (χ0n) is 5.60. The van der Waals surface area contributed by atoms with Gasteiger partial charge in [-0.3, -0.25) is 0 Å². The summed E-state index contributed by atoms with van der Waals surface area (Å²) in [6, 6.07) is 0. The molecule has 0 atom stereocenters. The summed E-state index contributed by atoms with van der Waals surface area (Å²) in [5.74, 6) is 0. The molecule has 1 N–H and O–H groups in total. The van der Waals surface area contributed by atoms with Gasteiger partial charge in [-0.25, -0.2) is 0 Å². The number of aliphatic hydroxyl groups is 1. The topological polar surface area (TPSA) is 29.5 Å². The van der Waals surface area contributed by atoms with Crippen LogP contribution in [-0.4, -0.2) is 23.9 Å². The van der Waals surface area contributed by atoms with Gasteiger partial charge in [0.1, 0.15) is 0 Å². The Labute approximate surface area is 55.8 Å². The average Bonchev–Trinajstić information content (AvgIpc) is 1.90. The predicted molar refractivity (Wildman–Crippen MR) is 35.0 cm³/mol. The lowest BCUT2D eigenvalue weighted by Gasteiger charge is -2.30. The van der Waals surface area contributed by atoms with E-state index >= 15 is 0 Å². The second-order valence-corrected chi connectivity index (χ2v) is 2.59. The number of hydrogen-bond donors (Lipinski definition) is 1. The van der Waals surface area contributed by atoms with E-state index in [0.29, 0.717) is 19.6 Å². The lowest BCUT2D eigenvalue weighted by molar-refractivity contribution is -0.0614. The third kappa shape index (κ3) is 1.66. The molecule has 1 heterocycles. The van der Waals surface area contributed by atoms with Crippen LogP contribution < -0.4 is 0 Å². The van der Waals surface area contributed by atoms with Gasteiger partial charge in [0, 0.05) is 13.2 Å². The number of hydrogen-bond acceptors (Lipinski definition) is 2. The molecule has 0 bridgehead atoms. The predicted octanol–water partition coefficient (Wildman–Crippen LogP) is 0.752. The molecule has 1 rings (SSSR count). The SMILES string of the molecule is [CH2]CC1(O)CCOCC1. The Morgan fingerprint density at radius 2 is 2.00 bits per heavy atom. The van der Waals surface area contributed by atoms with Crippen LogP contribution in [0.1, 0.15) is 19.3 Å². The Balaban J connectivity index is 2.37. The van der Waals surface area contributed by atoms with Crippen LogP contribution in [0.2, 0.25) is 0 Å². The fourth-order valence-corrected chi connectivity index (χ4v) is 1.00. The van der Waals surface area contributed by atoms with Crippen molar-refractivity contribution in [2.45, 2.75) is 24.9 Å². The highest BCUT2D eigenvalue weighted by molar-refractivity contribution is 4.81. The minimum absolute atomic E-state index is 0.516. The van der Waals surface area contributed by atoms with Gasteiger partial charge in [0.15, 0.2) is 0 Å². The van der Waals surface area contributed by atoms with Crippen molar-refractivity contribution < 1.29 is 9.84 Å². The molecule has 0 aromatic carbocycles. The maximum absolute atomic E-state index is 9.54. The molecule has 0 aliphatic carbocycles. The summed E-state index contributed by atoms with van der Waals surface area (Å²) in [6.45, 7) is 5.05. The lowest BCUT2D eigenvalue weighted by atomic mass is 9.92. The first-order valence-electron chi connectivity index (χ1n) is 3.36. The van der Waals surface area contributed by atoms with Crippen molar-refractivity contribution in [2.24, 2.45) is 0 Å². The van der Waals surface area contributed by atoms with Gasteiger partial charge in [-0.2, -0.15) is 0 Å². The molecule has 0 spiro atoms. The van der Waals surface area contributed by atoms with E-state index in [1.807, 2.05) is 0 Å². The smallest absolute Gasteiger partial charge is 0.0691 e. The highest BCUT2D eigenvalue weighted by Gasteiger charge is 2.26. The minimum Gasteiger partial charge on any atom is -0.390 e. The second kappa shape index (κ2) is 2.67. The molecule has 1 fully saturated rings. The second-order valence-electron chi connectivity index (χ2n) is 2.59. The first-order chi connectivity index (χ1) is 4.27. The van der Waals surface area contributed by atoms with Gasteiger partial charge in [0.25, 0.3) is 0 Å². The van der Waals surface area contributed by atoms with Crippen molar-refractivity contribution in [3.63, 3.8) is 0 Å². The van der Waals surface area contributed by atoms with Crippen molar-refractivity contribution in [1.82, 2.24) is 0 Å². The van der Waals surface area contributed by atoms with Crippen LogP contribution in [0.4, 0.5) is 0 Å². The van der Waals surface area contributed by atoms with Crippen LogP contribution in [0, 0.1) is 6.92 Å².